The van der Waals surface area contributed by atoms with Crippen LogP contribution in [0.5, 0.6) is 0 Å². The SMILES string of the molecule is O=C1C=C2CCCC(=O)[C@@]2(CCCOCc2ccccc2)CC1. The zero-order chi connectivity index (χ0) is 16.1. The molecule has 1 saturated carbocycles. The number of hydrogen-bond donors (Lipinski definition) is 0. The van der Waals surface area contributed by atoms with Crippen molar-refractivity contribution in [1.82, 2.24) is 0 Å². The largest absolute Gasteiger partial charge is 0.377 e. The van der Waals surface area contributed by atoms with Gasteiger partial charge >= 0.3 is 0 Å². The second-order valence-electron chi connectivity index (χ2n) is 6.64. The zero-order valence-electron chi connectivity index (χ0n) is 13.6. The van der Waals surface area contributed by atoms with Crippen LogP contribution in [0.25, 0.3) is 0 Å². The number of carbonyl (C=O) groups excluding carboxylic acids is 2. The van der Waals surface area contributed by atoms with E-state index in [0.29, 0.717) is 38.3 Å². The van der Waals surface area contributed by atoms with Crippen LogP contribution in [-0.2, 0) is 20.9 Å². The van der Waals surface area contributed by atoms with Crippen LogP contribution in [0.2, 0.25) is 0 Å². The van der Waals surface area contributed by atoms with Crippen LogP contribution >= 0.6 is 0 Å². The molecule has 0 unspecified atom stereocenters. The highest BCUT2D eigenvalue weighted by Gasteiger charge is 2.44. The average Bonchev–Trinajstić information content (AvgIpc) is 2.57. The standard InChI is InChI=1S/C20H24O3/c21-18-10-12-20(17(14-18)8-4-9-19(20)22)11-5-13-23-15-16-6-2-1-3-7-16/h1-3,6-7,14H,4-5,8-13,15H2/t20-/m0/s1. The van der Waals surface area contributed by atoms with Crippen LogP contribution in [-0.4, -0.2) is 18.2 Å². The summed E-state index contributed by atoms with van der Waals surface area (Å²) in [4.78, 5) is 24.2. The first kappa shape index (κ1) is 16.1. The first-order valence-electron chi connectivity index (χ1n) is 8.59. The molecular weight excluding hydrogens is 288 g/mol. The molecule has 1 fully saturated rings. The molecule has 0 N–H and O–H groups in total. The maximum Gasteiger partial charge on any atom is 0.155 e. The van der Waals surface area contributed by atoms with Crippen LogP contribution in [0, 0.1) is 5.41 Å². The van der Waals surface area contributed by atoms with Gasteiger partial charge in [-0.05, 0) is 43.7 Å². The predicted octanol–water partition coefficient (Wildman–Crippen LogP) is 4.01. The summed E-state index contributed by atoms with van der Waals surface area (Å²) in [5.74, 6) is 0.524. The van der Waals surface area contributed by atoms with Crippen molar-refractivity contribution in [2.45, 2.75) is 51.6 Å². The molecular formula is C20H24O3. The number of hydrogen-bond acceptors (Lipinski definition) is 3. The Kier molecular flexibility index (Phi) is 5.06. The molecule has 0 amide bonds. The van der Waals surface area contributed by atoms with Gasteiger partial charge in [-0.3, -0.25) is 9.59 Å². The number of benzene rings is 1. The van der Waals surface area contributed by atoms with Gasteiger partial charge in [0.2, 0.25) is 0 Å². The molecule has 1 aromatic rings. The lowest BCUT2D eigenvalue weighted by molar-refractivity contribution is -0.130. The third-order valence-corrected chi connectivity index (χ3v) is 5.14. The molecule has 3 rings (SSSR count). The second kappa shape index (κ2) is 7.22. The monoisotopic (exact) mass is 312 g/mol. The zero-order valence-corrected chi connectivity index (χ0v) is 13.6. The van der Waals surface area contributed by atoms with E-state index in [4.69, 9.17) is 4.74 Å². The van der Waals surface area contributed by atoms with Crippen LogP contribution in [0.15, 0.2) is 42.0 Å². The first-order valence-corrected chi connectivity index (χ1v) is 8.59. The van der Waals surface area contributed by atoms with Gasteiger partial charge in [-0.15, -0.1) is 0 Å². The van der Waals surface area contributed by atoms with Crippen LogP contribution in [0.3, 0.4) is 0 Å². The summed E-state index contributed by atoms with van der Waals surface area (Å²) in [6.45, 7) is 1.27. The quantitative estimate of drug-likeness (QED) is 0.745. The first-order chi connectivity index (χ1) is 11.2. The number of ether oxygens (including phenoxy) is 1. The van der Waals surface area contributed by atoms with E-state index in [9.17, 15) is 9.59 Å². The van der Waals surface area contributed by atoms with E-state index in [0.717, 1.165) is 31.3 Å². The fourth-order valence-electron chi connectivity index (χ4n) is 3.88. The Balaban J connectivity index is 1.54. The fraction of sp³-hybridized carbons (Fsp3) is 0.500. The molecule has 23 heavy (non-hydrogen) atoms. The van der Waals surface area contributed by atoms with Crippen LogP contribution < -0.4 is 0 Å². The predicted molar refractivity (Wildman–Crippen MR) is 88.9 cm³/mol. The molecule has 3 heteroatoms. The highest BCUT2D eigenvalue weighted by Crippen LogP contribution is 2.47. The average molecular weight is 312 g/mol. The van der Waals surface area contributed by atoms with E-state index in [-0.39, 0.29) is 11.2 Å². The van der Waals surface area contributed by atoms with E-state index in [1.165, 1.54) is 5.56 Å². The summed E-state index contributed by atoms with van der Waals surface area (Å²) in [6, 6.07) is 10.1. The van der Waals surface area contributed by atoms with Crippen molar-refractivity contribution in [3.63, 3.8) is 0 Å². The van der Waals surface area contributed by atoms with Crippen LogP contribution in [0.1, 0.15) is 50.5 Å². The molecule has 0 heterocycles. The summed E-state index contributed by atoms with van der Waals surface area (Å²) < 4.78 is 5.75. The number of carbonyl (C=O) groups is 2. The Hall–Kier alpha value is -1.74. The fourth-order valence-corrected chi connectivity index (χ4v) is 3.88. The van der Waals surface area contributed by atoms with E-state index in [2.05, 4.69) is 12.1 Å². The van der Waals surface area contributed by atoms with Crippen LogP contribution in [0.4, 0.5) is 0 Å². The highest BCUT2D eigenvalue weighted by molar-refractivity contribution is 5.97. The highest BCUT2D eigenvalue weighted by atomic mass is 16.5. The van der Waals surface area contributed by atoms with Crippen molar-refractivity contribution in [3.8, 4) is 0 Å². The molecule has 0 bridgehead atoms. The molecule has 1 aromatic carbocycles. The second-order valence-corrected chi connectivity index (χ2v) is 6.64. The Morgan fingerprint density at radius 3 is 2.70 bits per heavy atom. The van der Waals surface area contributed by atoms with Gasteiger partial charge in [0.15, 0.2) is 5.78 Å². The van der Waals surface area contributed by atoms with Gasteiger partial charge < -0.3 is 4.74 Å². The molecule has 0 aromatic heterocycles. The molecule has 0 radical (unpaired) electrons. The minimum Gasteiger partial charge on any atom is -0.377 e. The summed E-state index contributed by atoms with van der Waals surface area (Å²) >= 11 is 0. The van der Waals surface area contributed by atoms with Gasteiger partial charge in [0.1, 0.15) is 5.78 Å². The summed E-state index contributed by atoms with van der Waals surface area (Å²) in [6.07, 6.45) is 7.12. The van der Waals surface area contributed by atoms with Gasteiger partial charge in [0.25, 0.3) is 0 Å². The number of ketones is 2. The summed E-state index contributed by atoms with van der Waals surface area (Å²) in [7, 11) is 0. The van der Waals surface area contributed by atoms with Crippen molar-refractivity contribution in [2.24, 2.45) is 5.41 Å². The van der Waals surface area contributed by atoms with Gasteiger partial charge in [-0.1, -0.05) is 35.9 Å². The number of rotatable bonds is 6. The Bertz CT molecular complexity index is 603. The Morgan fingerprint density at radius 2 is 1.87 bits per heavy atom. The maximum atomic E-state index is 12.5. The normalized spacial score (nSPS) is 24.3. The molecule has 122 valence electrons. The Morgan fingerprint density at radius 1 is 1.04 bits per heavy atom. The minimum absolute atomic E-state index is 0.186. The van der Waals surface area contributed by atoms with Gasteiger partial charge in [-0.25, -0.2) is 0 Å². The van der Waals surface area contributed by atoms with E-state index >= 15 is 0 Å². The van der Waals surface area contributed by atoms with Crippen molar-refractivity contribution >= 4 is 11.6 Å². The van der Waals surface area contributed by atoms with Crippen molar-refractivity contribution in [2.75, 3.05) is 6.61 Å². The number of allylic oxidation sites excluding steroid dienone is 2. The lowest BCUT2D eigenvalue weighted by atomic mass is 9.62. The van der Waals surface area contributed by atoms with E-state index in [1.807, 2.05) is 18.2 Å². The summed E-state index contributed by atoms with van der Waals surface area (Å²) in [5.41, 5.74) is 1.90. The maximum absolute atomic E-state index is 12.5. The lowest BCUT2D eigenvalue weighted by Crippen LogP contribution is -2.39. The molecule has 0 saturated heterocycles. The molecule has 1 atom stereocenters. The number of Topliss-reactive ketones (excluding diaryl/α,β-unsaturated/α-hetero) is 1. The lowest BCUT2D eigenvalue weighted by Gasteiger charge is -2.40. The van der Waals surface area contributed by atoms with Crippen molar-refractivity contribution < 1.29 is 14.3 Å². The van der Waals surface area contributed by atoms with Gasteiger partial charge in [0.05, 0.1) is 12.0 Å². The molecule has 0 aliphatic heterocycles. The molecule has 3 nitrogen and oxygen atoms in total. The van der Waals surface area contributed by atoms with E-state index < -0.39 is 0 Å². The molecule has 2 aliphatic rings. The smallest absolute Gasteiger partial charge is 0.155 e. The van der Waals surface area contributed by atoms with Crippen molar-refractivity contribution in [3.05, 3.63) is 47.5 Å². The molecule has 0 spiro atoms. The third kappa shape index (κ3) is 3.61. The number of fused-ring (bicyclic) bond motifs is 1. The summed E-state index contributed by atoms with van der Waals surface area (Å²) in [5, 5.41) is 0. The third-order valence-electron chi connectivity index (χ3n) is 5.14. The topological polar surface area (TPSA) is 43.4 Å². The van der Waals surface area contributed by atoms with Gasteiger partial charge in [-0.2, -0.15) is 0 Å². The Labute approximate surface area is 137 Å². The molecule has 2 aliphatic carbocycles. The minimum atomic E-state index is -0.359. The van der Waals surface area contributed by atoms with Gasteiger partial charge in [0, 0.05) is 19.4 Å². The van der Waals surface area contributed by atoms with E-state index in [1.54, 1.807) is 6.08 Å². The van der Waals surface area contributed by atoms with Crippen molar-refractivity contribution in [1.29, 1.82) is 0 Å².